The Morgan fingerprint density at radius 2 is 2.17 bits per heavy atom. The first kappa shape index (κ1) is 13.5. The molecule has 6 nitrogen and oxygen atoms in total. The molecule has 0 heterocycles. The number of hydrogen-bond acceptors (Lipinski definition) is 5. The predicted molar refractivity (Wildman–Crippen MR) is 63.2 cm³/mol. The van der Waals surface area contributed by atoms with Gasteiger partial charge < -0.3 is 9.47 Å². The van der Waals surface area contributed by atoms with Crippen LogP contribution in [0.4, 0.5) is 5.69 Å². The van der Waals surface area contributed by atoms with Gasteiger partial charge in [-0.15, -0.1) is 0 Å². The minimum atomic E-state index is -0.551. The highest BCUT2D eigenvalue weighted by Crippen LogP contribution is 2.26. The first-order valence-corrected chi connectivity index (χ1v) is 4.97. The van der Waals surface area contributed by atoms with E-state index in [0.29, 0.717) is 5.75 Å². The molecule has 0 unspecified atom stereocenters. The number of nitro groups is 1. The van der Waals surface area contributed by atoms with E-state index < -0.39 is 10.9 Å². The lowest BCUT2D eigenvalue weighted by molar-refractivity contribution is -0.385. The SMILES string of the molecule is COC(=O)CC#Cc1c(OC)cccc1[N+](=O)[O-]. The summed E-state index contributed by atoms with van der Waals surface area (Å²) in [5.41, 5.74) is -0.0133. The Labute approximate surface area is 104 Å². The van der Waals surface area contributed by atoms with E-state index in [2.05, 4.69) is 16.6 Å². The molecule has 94 valence electrons. The van der Waals surface area contributed by atoms with Crippen LogP contribution in [0.3, 0.4) is 0 Å². The minimum absolute atomic E-state index is 0.133. The van der Waals surface area contributed by atoms with Crippen LogP contribution in [0.2, 0.25) is 0 Å². The Hall–Kier alpha value is -2.55. The van der Waals surface area contributed by atoms with Gasteiger partial charge in [-0.05, 0) is 6.07 Å². The highest BCUT2D eigenvalue weighted by molar-refractivity contribution is 5.73. The van der Waals surface area contributed by atoms with Crippen molar-refractivity contribution in [2.24, 2.45) is 0 Å². The zero-order valence-electron chi connectivity index (χ0n) is 9.93. The van der Waals surface area contributed by atoms with Crippen molar-refractivity contribution < 1.29 is 19.2 Å². The van der Waals surface area contributed by atoms with E-state index in [9.17, 15) is 14.9 Å². The van der Waals surface area contributed by atoms with E-state index in [4.69, 9.17) is 4.74 Å². The third-order valence-corrected chi connectivity index (χ3v) is 2.09. The van der Waals surface area contributed by atoms with Crippen molar-refractivity contribution in [3.63, 3.8) is 0 Å². The van der Waals surface area contributed by atoms with Gasteiger partial charge in [0.15, 0.2) is 0 Å². The summed E-state index contributed by atoms with van der Waals surface area (Å²) >= 11 is 0. The molecule has 6 heteroatoms. The number of rotatable bonds is 3. The topological polar surface area (TPSA) is 78.7 Å². The quantitative estimate of drug-likeness (QED) is 0.351. The van der Waals surface area contributed by atoms with Crippen LogP contribution in [0.15, 0.2) is 18.2 Å². The Morgan fingerprint density at radius 1 is 1.44 bits per heavy atom. The molecule has 1 aromatic carbocycles. The molecule has 0 radical (unpaired) electrons. The second-order valence-electron chi connectivity index (χ2n) is 3.17. The first-order valence-electron chi connectivity index (χ1n) is 4.97. The zero-order valence-corrected chi connectivity index (χ0v) is 9.93. The van der Waals surface area contributed by atoms with Crippen LogP contribution in [0.1, 0.15) is 12.0 Å². The molecule has 1 aromatic rings. The van der Waals surface area contributed by atoms with Crippen LogP contribution in [0.5, 0.6) is 5.75 Å². The Kier molecular flexibility index (Phi) is 4.69. The van der Waals surface area contributed by atoms with Crippen molar-refractivity contribution in [1.82, 2.24) is 0 Å². The van der Waals surface area contributed by atoms with E-state index in [1.165, 1.54) is 26.4 Å². The molecule has 0 saturated heterocycles. The van der Waals surface area contributed by atoms with Crippen LogP contribution in [-0.2, 0) is 9.53 Å². The van der Waals surface area contributed by atoms with Gasteiger partial charge in [-0.25, -0.2) is 0 Å². The molecule has 0 aliphatic carbocycles. The highest BCUT2D eigenvalue weighted by atomic mass is 16.6. The number of ether oxygens (including phenoxy) is 2. The van der Waals surface area contributed by atoms with Gasteiger partial charge in [-0.1, -0.05) is 17.9 Å². The fraction of sp³-hybridized carbons (Fsp3) is 0.250. The lowest BCUT2D eigenvalue weighted by Crippen LogP contribution is -1.98. The van der Waals surface area contributed by atoms with Crippen LogP contribution < -0.4 is 4.74 Å². The molecule has 0 aliphatic rings. The Morgan fingerprint density at radius 3 is 2.72 bits per heavy atom. The van der Waals surface area contributed by atoms with Gasteiger partial charge in [-0.2, -0.15) is 0 Å². The summed E-state index contributed by atoms with van der Waals surface area (Å²) in [5, 5.41) is 10.8. The molecule has 0 aliphatic heterocycles. The molecule has 0 atom stereocenters. The number of benzene rings is 1. The first-order chi connectivity index (χ1) is 8.60. The fourth-order valence-electron chi connectivity index (χ4n) is 1.24. The molecular formula is C12H11NO5. The van der Waals surface area contributed by atoms with Crippen LogP contribution in [0, 0.1) is 22.0 Å². The van der Waals surface area contributed by atoms with Crippen LogP contribution in [0.25, 0.3) is 0 Å². The minimum Gasteiger partial charge on any atom is -0.495 e. The van der Waals surface area contributed by atoms with Gasteiger partial charge in [0.25, 0.3) is 5.69 Å². The lowest BCUT2D eigenvalue weighted by atomic mass is 10.1. The number of esters is 1. The van der Waals surface area contributed by atoms with E-state index in [1.54, 1.807) is 6.07 Å². The molecule has 0 aromatic heterocycles. The Bertz CT molecular complexity index is 527. The second kappa shape index (κ2) is 6.25. The normalized spacial score (nSPS) is 9.00. The average Bonchev–Trinajstić information content (AvgIpc) is 2.38. The highest BCUT2D eigenvalue weighted by Gasteiger charge is 2.16. The predicted octanol–water partition coefficient (Wildman–Crippen LogP) is 1.52. The van der Waals surface area contributed by atoms with Crippen molar-refractivity contribution >= 4 is 11.7 Å². The van der Waals surface area contributed by atoms with Crippen LogP contribution in [-0.4, -0.2) is 25.1 Å². The molecular weight excluding hydrogens is 238 g/mol. The van der Waals surface area contributed by atoms with E-state index in [1.807, 2.05) is 0 Å². The fourth-order valence-corrected chi connectivity index (χ4v) is 1.24. The Balaban J connectivity index is 3.12. The maximum atomic E-state index is 10.9. The third kappa shape index (κ3) is 3.22. The number of methoxy groups -OCH3 is 2. The number of carbonyl (C=O) groups excluding carboxylic acids is 1. The maximum absolute atomic E-state index is 10.9. The van der Waals surface area contributed by atoms with Gasteiger partial charge in [0.2, 0.25) is 0 Å². The molecule has 0 saturated carbocycles. The molecule has 0 bridgehead atoms. The van der Waals surface area contributed by atoms with Gasteiger partial charge >= 0.3 is 5.97 Å². The van der Waals surface area contributed by atoms with Crippen molar-refractivity contribution in [2.75, 3.05) is 14.2 Å². The number of carbonyl (C=O) groups is 1. The molecule has 0 fully saturated rings. The largest absolute Gasteiger partial charge is 0.495 e. The lowest BCUT2D eigenvalue weighted by Gasteiger charge is -2.02. The third-order valence-electron chi connectivity index (χ3n) is 2.09. The van der Waals surface area contributed by atoms with Crippen molar-refractivity contribution in [2.45, 2.75) is 6.42 Å². The van der Waals surface area contributed by atoms with Gasteiger partial charge in [0, 0.05) is 6.07 Å². The number of nitro benzene ring substituents is 1. The summed E-state index contributed by atoms with van der Waals surface area (Å²) in [6.45, 7) is 0. The molecule has 0 N–H and O–H groups in total. The van der Waals surface area contributed by atoms with E-state index in [0.717, 1.165) is 0 Å². The monoisotopic (exact) mass is 249 g/mol. The standard InChI is InChI=1S/C12H11NO5/c1-17-11-7-4-6-10(13(15)16)9(11)5-3-8-12(14)18-2/h4,6-7H,8H2,1-2H3. The van der Waals surface area contributed by atoms with Crippen molar-refractivity contribution in [1.29, 1.82) is 0 Å². The molecule has 0 spiro atoms. The van der Waals surface area contributed by atoms with Gasteiger partial charge in [-0.3, -0.25) is 14.9 Å². The molecule has 0 amide bonds. The number of nitrogens with zero attached hydrogens (tertiary/aromatic N) is 1. The molecule has 18 heavy (non-hydrogen) atoms. The summed E-state index contributed by atoms with van der Waals surface area (Å²) in [6, 6.07) is 4.39. The van der Waals surface area contributed by atoms with Gasteiger partial charge in [0.1, 0.15) is 17.7 Å². The van der Waals surface area contributed by atoms with Crippen molar-refractivity contribution in [3.05, 3.63) is 33.9 Å². The van der Waals surface area contributed by atoms with Gasteiger partial charge in [0.05, 0.1) is 19.1 Å². The zero-order chi connectivity index (χ0) is 13.5. The summed E-state index contributed by atoms with van der Waals surface area (Å²) in [6.07, 6.45) is -0.133. The van der Waals surface area contributed by atoms with Crippen molar-refractivity contribution in [3.8, 4) is 17.6 Å². The smallest absolute Gasteiger partial charge is 0.317 e. The summed E-state index contributed by atoms with van der Waals surface area (Å²) in [5.74, 6) is 4.87. The molecule has 1 rings (SSSR count). The second-order valence-corrected chi connectivity index (χ2v) is 3.17. The maximum Gasteiger partial charge on any atom is 0.317 e. The summed E-state index contributed by atoms with van der Waals surface area (Å²) in [7, 11) is 2.64. The van der Waals surface area contributed by atoms with E-state index >= 15 is 0 Å². The number of hydrogen-bond donors (Lipinski definition) is 0. The summed E-state index contributed by atoms with van der Waals surface area (Å²) in [4.78, 5) is 21.2. The van der Waals surface area contributed by atoms with E-state index in [-0.39, 0.29) is 17.7 Å². The average molecular weight is 249 g/mol. The summed E-state index contributed by atoms with van der Waals surface area (Å²) < 4.78 is 9.41. The van der Waals surface area contributed by atoms with Crippen LogP contribution >= 0.6 is 0 Å².